The van der Waals surface area contributed by atoms with Crippen molar-refractivity contribution in [1.82, 2.24) is 4.90 Å². The first kappa shape index (κ1) is 23.3. The molecule has 2 aromatic rings. The van der Waals surface area contributed by atoms with Crippen LogP contribution in [0.15, 0.2) is 42.5 Å². The highest BCUT2D eigenvalue weighted by Crippen LogP contribution is 2.40. The van der Waals surface area contributed by atoms with Crippen molar-refractivity contribution in [2.24, 2.45) is 0 Å². The SMILES string of the molecule is O=C(Nc1ccc(OCCN2CCOCC2)cc1)C1(c2ccc(Cl)cc2Cl)CCOCC1. The van der Waals surface area contributed by atoms with Crippen molar-refractivity contribution in [3.63, 3.8) is 0 Å². The van der Waals surface area contributed by atoms with Crippen LogP contribution < -0.4 is 10.1 Å². The van der Waals surface area contributed by atoms with Crippen molar-refractivity contribution in [3.8, 4) is 5.75 Å². The van der Waals surface area contributed by atoms with Crippen LogP contribution in [0, 0.1) is 0 Å². The molecule has 0 spiro atoms. The van der Waals surface area contributed by atoms with Gasteiger partial charge in [0.25, 0.3) is 0 Å². The number of halogens is 2. The molecule has 0 aromatic heterocycles. The van der Waals surface area contributed by atoms with E-state index in [1.807, 2.05) is 30.3 Å². The lowest BCUT2D eigenvalue weighted by Gasteiger charge is -2.36. The molecule has 0 saturated carbocycles. The number of morpholine rings is 1. The molecule has 2 aliphatic heterocycles. The van der Waals surface area contributed by atoms with Gasteiger partial charge in [-0.25, -0.2) is 0 Å². The number of carbonyl (C=O) groups excluding carboxylic acids is 1. The van der Waals surface area contributed by atoms with Crippen LogP contribution in [-0.4, -0.2) is 63.5 Å². The maximum absolute atomic E-state index is 13.5. The summed E-state index contributed by atoms with van der Waals surface area (Å²) in [6.07, 6.45) is 1.12. The number of benzene rings is 2. The summed E-state index contributed by atoms with van der Waals surface area (Å²) in [5.41, 5.74) is 0.742. The van der Waals surface area contributed by atoms with Gasteiger partial charge in [0.05, 0.1) is 18.6 Å². The van der Waals surface area contributed by atoms with E-state index in [0.717, 1.165) is 44.2 Å². The molecule has 32 heavy (non-hydrogen) atoms. The van der Waals surface area contributed by atoms with Gasteiger partial charge in [-0.1, -0.05) is 29.3 Å². The minimum atomic E-state index is -0.757. The molecule has 172 valence electrons. The summed E-state index contributed by atoms with van der Waals surface area (Å²) < 4.78 is 16.8. The van der Waals surface area contributed by atoms with E-state index in [4.69, 9.17) is 37.4 Å². The number of hydrogen-bond donors (Lipinski definition) is 1. The van der Waals surface area contributed by atoms with Gasteiger partial charge in [0.15, 0.2) is 0 Å². The van der Waals surface area contributed by atoms with Gasteiger partial charge in [-0.2, -0.15) is 0 Å². The normalized spacial score (nSPS) is 18.8. The van der Waals surface area contributed by atoms with Crippen LogP contribution in [0.25, 0.3) is 0 Å². The molecule has 2 aliphatic rings. The number of nitrogens with one attached hydrogen (secondary N) is 1. The van der Waals surface area contributed by atoms with E-state index in [0.29, 0.717) is 48.4 Å². The smallest absolute Gasteiger partial charge is 0.235 e. The summed E-state index contributed by atoms with van der Waals surface area (Å²) in [7, 11) is 0. The van der Waals surface area contributed by atoms with E-state index < -0.39 is 5.41 Å². The van der Waals surface area contributed by atoms with Crippen LogP contribution in [-0.2, 0) is 19.7 Å². The van der Waals surface area contributed by atoms with Crippen LogP contribution in [0.3, 0.4) is 0 Å². The third-order valence-electron chi connectivity index (χ3n) is 6.12. The Bertz CT molecular complexity index is 911. The Balaban J connectivity index is 1.40. The van der Waals surface area contributed by atoms with Gasteiger partial charge >= 0.3 is 0 Å². The second-order valence-corrected chi connectivity index (χ2v) is 8.94. The lowest BCUT2D eigenvalue weighted by Crippen LogP contribution is -2.45. The summed E-state index contributed by atoms with van der Waals surface area (Å²) in [6.45, 7) is 5.94. The first-order valence-electron chi connectivity index (χ1n) is 10.9. The highest BCUT2D eigenvalue weighted by atomic mass is 35.5. The van der Waals surface area contributed by atoms with E-state index in [-0.39, 0.29) is 5.91 Å². The fourth-order valence-electron chi connectivity index (χ4n) is 4.22. The Labute approximate surface area is 198 Å². The molecule has 0 bridgehead atoms. The van der Waals surface area contributed by atoms with Crippen molar-refractivity contribution in [2.45, 2.75) is 18.3 Å². The van der Waals surface area contributed by atoms with E-state index in [1.165, 1.54) is 0 Å². The highest BCUT2D eigenvalue weighted by molar-refractivity contribution is 6.35. The Morgan fingerprint density at radius 2 is 1.69 bits per heavy atom. The summed E-state index contributed by atoms with van der Waals surface area (Å²) in [6, 6.07) is 12.8. The minimum absolute atomic E-state index is 0.0917. The zero-order chi connectivity index (χ0) is 22.4. The van der Waals surface area contributed by atoms with Crippen molar-refractivity contribution >= 4 is 34.8 Å². The first-order chi connectivity index (χ1) is 15.6. The molecule has 0 radical (unpaired) electrons. The molecule has 2 saturated heterocycles. The average molecular weight is 479 g/mol. The second-order valence-electron chi connectivity index (χ2n) is 8.10. The predicted octanol–water partition coefficient (Wildman–Crippen LogP) is 4.39. The number of carbonyl (C=O) groups is 1. The van der Waals surface area contributed by atoms with Crippen molar-refractivity contribution in [2.75, 3.05) is 58.0 Å². The van der Waals surface area contributed by atoms with Crippen LogP contribution in [0.5, 0.6) is 5.75 Å². The fraction of sp³-hybridized carbons (Fsp3) is 0.458. The Morgan fingerprint density at radius 3 is 2.38 bits per heavy atom. The van der Waals surface area contributed by atoms with E-state index in [2.05, 4.69) is 10.2 Å². The fourth-order valence-corrected chi connectivity index (χ4v) is 4.81. The molecule has 1 N–H and O–H groups in total. The standard InChI is InChI=1S/C24H28Cl2N2O4/c25-18-1-6-21(22(26)17-18)24(7-12-30-13-8-24)23(29)27-19-2-4-20(5-3-19)32-16-11-28-9-14-31-15-10-28/h1-6,17H,7-16H2,(H,27,29). The molecule has 0 aliphatic carbocycles. The first-order valence-corrected chi connectivity index (χ1v) is 11.7. The van der Waals surface area contributed by atoms with Gasteiger partial charge in [0, 0.05) is 48.6 Å². The van der Waals surface area contributed by atoms with E-state index in [1.54, 1.807) is 12.1 Å². The maximum atomic E-state index is 13.5. The number of hydrogen-bond acceptors (Lipinski definition) is 5. The quantitative estimate of drug-likeness (QED) is 0.639. The van der Waals surface area contributed by atoms with Gasteiger partial charge < -0.3 is 19.5 Å². The third kappa shape index (κ3) is 5.56. The number of nitrogens with zero attached hydrogens (tertiary/aromatic N) is 1. The maximum Gasteiger partial charge on any atom is 0.235 e. The van der Waals surface area contributed by atoms with E-state index in [9.17, 15) is 4.79 Å². The Hall–Kier alpha value is -1.83. The van der Waals surface area contributed by atoms with Crippen LogP contribution in [0.2, 0.25) is 10.0 Å². The van der Waals surface area contributed by atoms with Crippen LogP contribution >= 0.6 is 23.2 Å². The van der Waals surface area contributed by atoms with Crippen LogP contribution in [0.1, 0.15) is 18.4 Å². The molecule has 0 atom stereocenters. The van der Waals surface area contributed by atoms with Gasteiger partial charge in [-0.3, -0.25) is 9.69 Å². The highest BCUT2D eigenvalue weighted by Gasteiger charge is 2.43. The number of anilines is 1. The molecule has 6 nitrogen and oxygen atoms in total. The molecule has 0 unspecified atom stereocenters. The predicted molar refractivity (Wildman–Crippen MR) is 126 cm³/mol. The van der Waals surface area contributed by atoms with Crippen molar-refractivity contribution in [3.05, 3.63) is 58.1 Å². The van der Waals surface area contributed by atoms with Crippen LogP contribution in [0.4, 0.5) is 5.69 Å². The summed E-state index contributed by atoms with van der Waals surface area (Å²) in [5, 5.41) is 4.11. The molecule has 4 rings (SSSR count). The number of amides is 1. The second kappa shape index (κ2) is 10.9. The molecular formula is C24H28Cl2N2O4. The van der Waals surface area contributed by atoms with Crippen molar-refractivity contribution < 1.29 is 19.0 Å². The summed E-state index contributed by atoms with van der Waals surface area (Å²) >= 11 is 12.6. The largest absolute Gasteiger partial charge is 0.492 e. The molecule has 1 amide bonds. The topological polar surface area (TPSA) is 60.0 Å². The monoisotopic (exact) mass is 478 g/mol. The number of ether oxygens (including phenoxy) is 3. The molecule has 2 aromatic carbocycles. The van der Waals surface area contributed by atoms with Gasteiger partial charge in [0.1, 0.15) is 12.4 Å². The van der Waals surface area contributed by atoms with Gasteiger partial charge in [-0.05, 0) is 54.8 Å². The summed E-state index contributed by atoms with van der Waals surface area (Å²) in [4.78, 5) is 15.8. The zero-order valence-electron chi connectivity index (χ0n) is 17.9. The number of rotatable bonds is 7. The lowest BCUT2D eigenvalue weighted by atomic mass is 9.73. The van der Waals surface area contributed by atoms with Gasteiger partial charge in [-0.15, -0.1) is 0 Å². The molecule has 8 heteroatoms. The third-order valence-corrected chi connectivity index (χ3v) is 6.67. The zero-order valence-corrected chi connectivity index (χ0v) is 19.5. The van der Waals surface area contributed by atoms with Crippen molar-refractivity contribution in [1.29, 1.82) is 0 Å². The molecular weight excluding hydrogens is 451 g/mol. The molecule has 2 heterocycles. The summed E-state index contributed by atoms with van der Waals surface area (Å²) in [5.74, 6) is 0.684. The van der Waals surface area contributed by atoms with E-state index >= 15 is 0 Å². The lowest BCUT2D eigenvalue weighted by molar-refractivity contribution is -0.125. The Kier molecular flexibility index (Phi) is 7.92. The average Bonchev–Trinajstić information content (AvgIpc) is 2.81. The Morgan fingerprint density at radius 1 is 1.00 bits per heavy atom. The molecule has 2 fully saturated rings. The van der Waals surface area contributed by atoms with Gasteiger partial charge in [0.2, 0.25) is 5.91 Å². The minimum Gasteiger partial charge on any atom is -0.492 e.